The maximum atomic E-state index is 12.9. The van der Waals surface area contributed by atoms with Gasteiger partial charge in [-0.3, -0.25) is 19.2 Å². The van der Waals surface area contributed by atoms with Gasteiger partial charge < -0.3 is 37.0 Å². The van der Waals surface area contributed by atoms with E-state index in [1.165, 1.54) is 36.0 Å². The highest BCUT2D eigenvalue weighted by Gasteiger charge is 2.29. The summed E-state index contributed by atoms with van der Waals surface area (Å²) in [5.74, 6) is -4.22. The number of rotatable bonds is 16. The fourth-order valence-electron chi connectivity index (χ4n) is 3.00. The first-order chi connectivity index (χ1) is 17.0. The van der Waals surface area contributed by atoms with Crippen LogP contribution in [0.5, 0.6) is 5.75 Å². The molecule has 0 saturated heterocycles. The molecule has 0 aliphatic heterocycles. The lowest BCUT2D eigenvalue weighted by atomic mass is 10.1. The molecule has 14 heteroatoms. The molecule has 0 aliphatic rings. The fraction of sp³-hybridized carbons (Fsp3) is 0.500. The molecule has 8 N–H and O–H groups in total. The van der Waals surface area contributed by atoms with Crippen molar-refractivity contribution in [2.75, 3.05) is 17.8 Å². The van der Waals surface area contributed by atoms with E-state index in [2.05, 4.69) is 28.6 Å². The second kappa shape index (κ2) is 15.9. The number of hydrogen-bond acceptors (Lipinski definition) is 9. The quantitative estimate of drug-likeness (QED) is 0.123. The van der Waals surface area contributed by atoms with Gasteiger partial charge in [0.05, 0.1) is 6.04 Å². The molecule has 1 rings (SSSR count). The third-order valence-corrected chi connectivity index (χ3v) is 6.07. The highest BCUT2D eigenvalue weighted by molar-refractivity contribution is 7.98. The molecule has 4 unspecified atom stereocenters. The van der Waals surface area contributed by atoms with E-state index < -0.39 is 53.8 Å². The molecule has 0 heterocycles. The van der Waals surface area contributed by atoms with Crippen molar-refractivity contribution in [1.29, 1.82) is 0 Å². The van der Waals surface area contributed by atoms with Gasteiger partial charge in [-0.05, 0) is 42.5 Å². The van der Waals surface area contributed by atoms with Gasteiger partial charge in [-0.1, -0.05) is 12.1 Å². The number of thioether (sulfide) groups is 1. The van der Waals surface area contributed by atoms with E-state index in [1.54, 1.807) is 6.26 Å². The van der Waals surface area contributed by atoms with E-state index in [0.717, 1.165) is 0 Å². The largest absolute Gasteiger partial charge is 0.508 e. The lowest BCUT2D eigenvalue weighted by Gasteiger charge is -2.24. The smallest absolute Gasteiger partial charge is 0.326 e. The van der Waals surface area contributed by atoms with Crippen LogP contribution in [-0.2, 0) is 30.4 Å². The number of phenols is 1. The molecule has 0 fully saturated rings. The number of carbonyl (C=O) groups is 5. The van der Waals surface area contributed by atoms with Gasteiger partial charge in [0.2, 0.25) is 17.7 Å². The van der Waals surface area contributed by atoms with Crippen molar-refractivity contribution in [3.63, 3.8) is 0 Å². The van der Waals surface area contributed by atoms with Crippen molar-refractivity contribution in [2.24, 2.45) is 5.73 Å². The van der Waals surface area contributed by atoms with E-state index in [-0.39, 0.29) is 37.2 Å². The zero-order chi connectivity index (χ0) is 27.3. The van der Waals surface area contributed by atoms with Crippen LogP contribution >= 0.6 is 24.4 Å². The first kappa shape index (κ1) is 31.1. The van der Waals surface area contributed by atoms with Crippen molar-refractivity contribution in [3.05, 3.63) is 29.8 Å². The molecule has 200 valence electrons. The minimum Gasteiger partial charge on any atom is -0.508 e. The number of benzene rings is 1. The molecule has 0 saturated carbocycles. The summed E-state index contributed by atoms with van der Waals surface area (Å²) in [5.41, 5.74) is 6.28. The second-order valence-electron chi connectivity index (χ2n) is 7.90. The molecule has 0 aromatic heterocycles. The molecule has 0 aliphatic carbocycles. The lowest BCUT2D eigenvalue weighted by Crippen LogP contribution is -2.58. The third-order valence-electron chi connectivity index (χ3n) is 5.06. The molecular weight excluding hydrogens is 512 g/mol. The van der Waals surface area contributed by atoms with Gasteiger partial charge >= 0.3 is 11.9 Å². The Balaban J connectivity index is 2.84. The fourth-order valence-corrected chi connectivity index (χ4v) is 3.73. The molecule has 0 bridgehead atoms. The number of hydrogen-bond donors (Lipinski definition) is 8. The molecular formula is C22H32N4O8S2. The molecule has 0 radical (unpaired) electrons. The normalized spacial score (nSPS) is 14.1. The van der Waals surface area contributed by atoms with Crippen molar-refractivity contribution in [2.45, 2.75) is 49.9 Å². The van der Waals surface area contributed by atoms with Crippen LogP contribution in [-0.4, -0.2) is 86.9 Å². The van der Waals surface area contributed by atoms with Crippen LogP contribution in [0, 0.1) is 0 Å². The molecule has 3 amide bonds. The van der Waals surface area contributed by atoms with Gasteiger partial charge in [-0.2, -0.15) is 24.4 Å². The third kappa shape index (κ3) is 11.2. The standard InChI is InChI=1S/C22H32N4O8S2/c1-36-9-8-15(24-19(30)14(23)6-7-18(28)29)20(31)26-17(11-35)21(32)25-16(22(33)34)10-12-2-4-13(27)5-3-12/h2-5,14-17,27,35H,6-11,23H2,1H3,(H,24,30)(H,25,32)(H,26,31)(H,28,29)(H,33,34). The van der Waals surface area contributed by atoms with E-state index in [0.29, 0.717) is 11.3 Å². The summed E-state index contributed by atoms with van der Waals surface area (Å²) in [5, 5.41) is 35.0. The maximum absolute atomic E-state index is 12.9. The number of aliphatic carboxylic acids is 2. The number of carboxylic acids is 2. The number of carbonyl (C=O) groups excluding carboxylic acids is 3. The topological polar surface area (TPSA) is 208 Å². The average molecular weight is 545 g/mol. The predicted octanol–water partition coefficient (Wildman–Crippen LogP) is -0.651. The number of amides is 3. The Labute approximate surface area is 218 Å². The van der Waals surface area contributed by atoms with Crippen LogP contribution in [0.15, 0.2) is 24.3 Å². The molecule has 36 heavy (non-hydrogen) atoms. The molecule has 1 aromatic rings. The Morgan fingerprint density at radius 3 is 2.00 bits per heavy atom. The highest BCUT2D eigenvalue weighted by Crippen LogP contribution is 2.12. The van der Waals surface area contributed by atoms with Crippen LogP contribution in [0.4, 0.5) is 0 Å². The van der Waals surface area contributed by atoms with Crippen molar-refractivity contribution in [1.82, 2.24) is 16.0 Å². The van der Waals surface area contributed by atoms with Gasteiger partial charge in [-0.25, -0.2) is 4.79 Å². The molecule has 12 nitrogen and oxygen atoms in total. The Morgan fingerprint density at radius 1 is 0.917 bits per heavy atom. The molecule has 1 aromatic carbocycles. The van der Waals surface area contributed by atoms with Crippen molar-refractivity contribution >= 4 is 54.1 Å². The van der Waals surface area contributed by atoms with Gasteiger partial charge in [0.25, 0.3) is 0 Å². The van der Waals surface area contributed by atoms with Gasteiger partial charge in [0.15, 0.2) is 0 Å². The van der Waals surface area contributed by atoms with Gasteiger partial charge in [-0.15, -0.1) is 0 Å². The summed E-state index contributed by atoms with van der Waals surface area (Å²) in [6, 6.07) is 1.14. The molecule has 0 spiro atoms. The van der Waals surface area contributed by atoms with Gasteiger partial charge in [0.1, 0.15) is 23.9 Å². The minimum absolute atomic E-state index is 0.0125. The van der Waals surface area contributed by atoms with E-state index in [4.69, 9.17) is 10.8 Å². The average Bonchev–Trinajstić information content (AvgIpc) is 2.83. The summed E-state index contributed by atoms with van der Waals surface area (Å²) >= 11 is 5.51. The maximum Gasteiger partial charge on any atom is 0.326 e. The number of nitrogens with two attached hydrogens (primary N) is 1. The van der Waals surface area contributed by atoms with Crippen molar-refractivity contribution < 1.29 is 39.3 Å². The summed E-state index contributed by atoms with van der Waals surface area (Å²) in [6.45, 7) is 0. The van der Waals surface area contributed by atoms with E-state index >= 15 is 0 Å². The minimum atomic E-state index is -1.31. The van der Waals surface area contributed by atoms with E-state index in [1.807, 2.05) is 0 Å². The summed E-state index contributed by atoms with van der Waals surface area (Å²) < 4.78 is 0. The van der Waals surface area contributed by atoms with Crippen molar-refractivity contribution in [3.8, 4) is 5.75 Å². The highest BCUT2D eigenvalue weighted by atomic mass is 32.2. The lowest BCUT2D eigenvalue weighted by molar-refractivity contribution is -0.142. The Bertz CT molecular complexity index is 916. The number of aromatic hydroxyl groups is 1. The van der Waals surface area contributed by atoms with Crippen LogP contribution in [0.3, 0.4) is 0 Å². The number of nitrogens with one attached hydrogen (secondary N) is 3. The zero-order valence-electron chi connectivity index (χ0n) is 19.7. The SMILES string of the molecule is CSCCC(NC(=O)C(N)CCC(=O)O)C(=O)NC(CS)C(=O)NC(Cc1ccc(O)cc1)C(=O)O. The Kier molecular flexibility index (Phi) is 13.7. The molecule has 4 atom stereocenters. The Hall–Kier alpha value is -2.97. The summed E-state index contributed by atoms with van der Waals surface area (Å²) in [6.07, 6.45) is 1.53. The predicted molar refractivity (Wildman–Crippen MR) is 137 cm³/mol. The Morgan fingerprint density at radius 2 is 1.47 bits per heavy atom. The zero-order valence-corrected chi connectivity index (χ0v) is 21.4. The second-order valence-corrected chi connectivity index (χ2v) is 9.25. The van der Waals surface area contributed by atoms with Crippen LogP contribution in [0.1, 0.15) is 24.8 Å². The number of carboxylic acid groups (broad SMARTS) is 2. The first-order valence-corrected chi connectivity index (χ1v) is 13.0. The number of phenolic OH excluding ortho intramolecular Hbond substituents is 1. The van der Waals surface area contributed by atoms with Crippen LogP contribution < -0.4 is 21.7 Å². The van der Waals surface area contributed by atoms with Gasteiger partial charge in [0, 0.05) is 18.6 Å². The summed E-state index contributed by atoms with van der Waals surface area (Å²) in [7, 11) is 0. The first-order valence-electron chi connectivity index (χ1n) is 11.0. The summed E-state index contributed by atoms with van der Waals surface area (Å²) in [4.78, 5) is 60.3. The van der Waals surface area contributed by atoms with E-state index in [9.17, 15) is 34.2 Å². The number of thiol groups is 1. The van der Waals surface area contributed by atoms with Crippen LogP contribution in [0.2, 0.25) is 0 Å². The monoisotopic (exact) mass is 544 g/mol. The van der Waals surface area contributed by atoms with Crippen LogP contribution in [0.25, 0.3) is 0 Å².